The van der Waals surface area contributed by atoms with E-state index in [1.165, 1.54) is 11.3 Å². The van der Waals surface area contributed by atoms with Crippen LogP contribution in [0.15, 0.2) is 35.5 Å². The van der Waals surface area contributed by atoms with Gasteiger partial charge in [-0.2, -0.15) is 0 Å². The summed E-state index contributed by atoms with van der Waals surface area (Å²) in [6.45, 7) is 2.19. The highest BCUT2D eigenvalue weighted by Crippen LogP contribution is 2.30. The molecule has 0 radical (unpaired) electrons. The Morgan fingerprint density at radius 1 is 1.27 bits per heavy atom. The molecule has 0 aliphatic heterocycles. The van der Waals surface area contributed by atoms with E-state index in [1.807, 2.05) is 30.1 Å². The third-order valence-corrected chi connectivity index (χ3v) is 3.55. The molecule has 0 saturated carbocycles. The standard InChI is InChI=1S/C12H14N2S/c1-2-7-15-12-4-3-11(13)9-5-6-14-8-10(9)12/h3-6,8H,2,7,13H2,1H3. The number of hydrogen-bond acceptors (Lipinski definition) is 3. The molecule has 1 aromatic heterocycles. The van der Waals surface area contributed by atoms with Gasteiger partial charge in [-0.15, -0.1) is 11.8 Å². The van der Waals surface area contributed by atoms with Crippen LogP contribution in [0.3, 0.4) is 0 Å². The molecule has 2 N–H and O–H groups in total. The minimum Gasteiger partial charge on any atom is -0.398 e. The van der Waals surface area contributed by atoms with Gasteiger partial charge in [-0.3, -0.25) is 4.98 Å². The normalized spacial score (nSPS) is 10.7. The van der Waals surface area contributed by atoms with Crippen LogP contribution >= 0.6 is 11.8 Å². The smallest absolute Gasteiger partial charge is 0.0395 e. The van der Waals surface area contributed by atoms with Gasteiger partial charge in [0.25, 0.3) is 0 Å². The van der Waals surface area contributed by atoms with Crippen molar-refractivity contribution in [1.82, 2.24) is 4.98 Å². The van der Waals surface area contributed by atoms with E-state index in [1.54, 1.807) is 6.20 Å². The second kappa shape index (κ2) is 4.53. The second-order valence-electron chi connectivity index (χ2n) is 3.42. The fourth-order valence-electron chi connectivity index (χ4n) is 1.53. The highest BCUT2D eigenvalue weighted by Gasteiger charge is 2.03. The third-order valence-electron chi connectivity index (χ3n) is 2.27. The Bertz CT molecular complexity index is 468. The number of fused-ring (bicyclic) bond motifs is 1. The molecule has 0 unspecified atom stereocenters. The zero-order chi connectivity index (χ0) is 10.7. The van der Waals surface area contributed by atoms with Crippen molar-refractivity contribution >= 4 is 28.2 Å². The Kier molecular flexibility index (Phi) is 3.11. The molecule has 78 valence electrons. The number of aromatic nitrogens is 1. The molecule has 1 aromatic carbocycles. The first-order chi connectivity index (χ1) is 7.33. The first-order valence-electron chi connectivity index (χ1n) is 5.08. The zero-order valence-corrected chi connectivity index (χ0v) is 9.55. The summed E-state index contributed by atoms with van der Waals surface area (Å²) < 4.78 is 0. The lowest BCUT2D eigenvalue weighted by Gasteiger charge is -2.07. The predicted octanol–water partition coefficient (Wildman–Crippen LogP) is 3.32. The van der Waals surface area contributed by atoms with Crippen LogP contribution in [0.4, 0.5) is 5.69 Å². The van der Waals surface area contributed by atoms with E-state index in [-0.39, 0.29) is 0 Å². The fraction of sp³-hybridized carbons (Fsp3) is 0.250. The summed E-state index contributed by atoms with van der Waals surface area (Å²) in [5.41, 5.74) is 6.74. The number of nitrogens with zero attached hydrogens (tertiary/aromatic N) is 1. The summed E-state index contributed by atoms with van der Waals surface area (Å²) in [4.78, 5) is 5.43. The molecule has 0 saturated heterocycles. The van der Waals surface area contributed by atoms with Gasteiger partial charge in [0.2, 0.25) is 0 Å². The van der Waals surface area contributed by atoms with Gasteiger partial charge in [0.05, 0.1) is 0 Å². The average molecular weight is 218 g/mol. The average Bonchev–Trinajstić information content (AvgIpc) is 2.29. The van der Waals surface area contributed by atoms with Crippen LogP contribution in [0.5, 0.6) is 0 Å². The van der Waals surface area contributed by atoms with Crippen LogP contribution in [-0.4, -0.2) is 10.7 Å². The summed E-state index contributed by atoms with van der Waals surface area (Å²) >= 11 is 1.86. The number of nitrogens with two attached hydrogens (primary N) is 1. The molecule has 0 atom stereocenters. The molecule has 15 heavy (non-hydrogen) atoms. The lowest BCUT2D eigenvalue weighted by molar-refractivity contribution is 1.11. The molecular formula is C12H14N2S. The first-order valence-corrected chi connectivity index (χ1v) is 6.06. The summed E-state index contributed by atoms with van der Waals surface area (Å²) in [6, 6.07) is 6.03. The Balaban J connectivity index is 2.51. The van der Waals surface area contributed by atoms with E-state index in [9.17, 15) is 0 Å². The highest BCUT2D eigenvalue weighted by atomic mass is 32.2. The number of rotatable bonds is 3. The van der Waals surface area contributed by atoms with Crippen LogP contribution in [0.2, 0.25) is 0 Å². The molecule has 1 heterocycles. The SMILES string of the molecule is CCCSc1ccc(N)c2ccncc12. The minimum atomic E-state index is 0.827. The van der Waals surface area contributed by atoms with Gasteiger partial charge >= 0.3 is 0 Å². The van der Waals surface area contributed by atoms with Gasteiger partial charge in [-0.05, 0) is 30.4 Å². The van der Waals surface area contributed by atoms with Crippen LogP contribution < -0.4 is 5.73 Å². The molecule has 0 bridgehead atoms. The number of thioether (sulfide) groups is 1. The quantitative estimate of drug-likeness (QED) is 0.634. The van der Waals surface area contributed by atoms with E-state index >= 15 is 0 Å². The Morgan fingerprint density at radius 2 is 2.13 bits per heavy atom. The maximum Gasteiger partial charge on any atom is 0.0395 e. The van der Waals surface area contributed by atoms with Crippen molar-refractivity contribution < 1.29 is 0 Å². The summed E-state index contributed by atoms with van der Waals surface area (Å²) in [7, 11) is 0. The molecule has 0 aliphatic carbocycles. The zero-order valence-electron chi connectivity index (χ0n) is 8.73. The summed E-state index contributed by atoms with van der Waals surface area (Å²) in [6.07, 6.45) is 4.85. The number of pyridine rings is 1. The van der Waals surface area contributed by atoms with Crippen LogP contribution in [0.1, 0.15) is 13.3 Å². The molecular weight excluding hydrogens is 204 g/mol. The maximum atomic E-state index is 5.92. The fourth-order valence-corrected chi connectivity index (χ4v) is 2.43. The lowest BCUT2D eigenvalue weighted by Crippen LogP contribution is -1.89. The van der Waals surface area contributed by atoms with E-state index in [4.69, 9.17) is 5.73 Å². The van der Waals surface area contributed by atoms with Gasteiger partial charge in [0.15, 0.2) is 0 Å². The Hall–Kier alpha value is -1.22. The van der Waals surface area contributed by atoms with Crippen molar-refractivity contribution in [2.24, 2.45) is 0 Å². The molecule has 2 nitrogen and oxygen atoms in total. The number of nitrogen functional groups attached to an aromatic ring is 1. The molecule has 2 aromatic rings. The molecule has 0 aliphatic rings. The molecule has 0 spiro atoms. The highest BCUT2D eigenvalue weighted by molar-refractivity contribution is 7.99. The van der Waals surface area contributed by atoms with Crippen LogP contribution in [0, 0.1) is 0 Å². The molecule has 0 amide bonds. The van der Waals surface area contributed by atoms with Gasteiger partial charge < -0.3 is 5.73 Å². The van der Waals surface area contributed by atoms with E-state index in [0.717, 1.165) is 22.2 Å². The maximum absolute atomic E-state index is 5.92. The number of anilines is 1. The van der Waals surface area contributed by atoms with Crippen molar-refractivity contribution in [2.45, 2.75) is 18.2 Å². The Morgan fingerprint density at radius 3 is 2.93 bits per heavy atom. The van der Waals surface area contributed by atoms with Gasteiger partial charge in [-0.1, -0.05) is 6.92 Å². The van der Waals surface area contributed by atoms with Gasteiger partial charge in [-0.25, -0.2) is 0 Å². The Labute approximate surface area is 93.9 Å². The van der Waals surface area contributed by atoms with Gasteiger partial charge in [0, 0.05) is 33.7 Å². The van der Waals surface area contributed by atoms with E-state index < -0.39 is 0 Å². The van der Waals surface area contributed by atoms with Gasteiger partial charge in [0.1, 0.15) is 0 Å². The van der Waals surface area contributed by atoms with Crippen molar-refractivity contribution in [1.29, 1.82) is 0 Å². The number of benzene rings is 1. The van der Waals surface area contributed by atoms with Crippen molar-refractivity contribution in [3.05, 3.63) is 30.6 Å². The lowest BCUT2D eigenvalue weighted by atomic mass is 10.1. The van der Waals surface area contributed by atoms with Crippen LogP contribution in [0.25, 0.3) is 10.8 Å². The van der Waals surface area contributed by atoms with E-state index in [0.29, 0.717) is 0 Å². The summed E-state index contributed by atoms with van der Waals surface area (Å²) in [5, 5.41) is 2.27. The molecule has 3 heteroatoms. The van der Waals surface area contributed by atoms with Crippen molar-refractivity contribution in [2.75, 3.05) is 11.5 Å². The molecule has 0 fully saturated rings. The minimum absolute atomic E-state index is 0.827. The first kappa shape index (κ1) is 10.3. The topological polar surface area (TPSA) is 38.9 Å². The predicted molar refractivity (Wildman–Crippen MR) is 67.2 cm³/mol. The van der Waals surface area contributed by atoms with Crippen molar-refractivity contribution in [3.63, 3.8) is 0 Å². The largest absolute Gasteiger partial charge is 0.398 e. The third kappa shape index (κ3) is 2.07. The second-order valence-corrected chi connectivity index (χ2v) is 4.56. The monoisotopic (exact) mass is 218 g/mol. The summed E-state index contributed by atoms with van der Waals surface area (Å²) in [5.74, 6) is 1.13. The number of hydrogen-bond donors (Lipinski definition) is 1. The van der Waals surface area contributed by atoms with Crippen molar-refractivity contribution in [3.8, 4) is 0 Å². The van der Waals surface area contributed by atoms with E-state index in [2.05, 4.69) is 18.0 Å². The van der Waals surface area contributed by atoms with Crippen LogP contribution in [-0.2, 0) is 0 Å². The molecule has 2 rings (SSSR count).